The fourth-order valence-electron chi connectivity index (χ4n) is 4.69. The molecule has 0 spiro atoms. The predicted molar refractivity (Wildman–Crippen MR) is 155 cm³/mol. The van der Waals surface area contributed by atoms with Gasteiger partial charge in [-0.15, -0.1) is 21.5 Å². The molecule has 1 unspecified atom stereocenters. The first-order chi connectivity index (χ1) is 19.4. The number of aromatic nitrogens is 3. The van der Waals surface area contributed by atoms with Crippen LogP contribution in [0, 0.1) is 10.1 Å². The van der Waals surface area contributed by atoms with E-state index in [-0.39, 0.29) is 29.1 Å². The Kier molecular flexibility index (Phi) is 8.56. The lowest BCUT2D eigenvalue weighted by atomic mass is 10.1. The number of nitrogens with zero attached hydrogens (tertiary/aromatic N) is 6. The van der Waals surface area contributed by atoms with E-state index in [4.69, 9.17) is 0 Å². The molecule has 1 saturated heterocycles. The molecule has 2 aromatic heterocycles. The van der Waals surface area contributed by atoms with Crippen LogP contribution in [0.15, 0.2) is 77.3 Å². The van der Waals surface area contributed by atoms with Crippen LogP contribution in [-0.4, -0.2) is 72.7 Å². The molecule has 3 heterocycles. The Hall–Kier alpha value is -4.03. The molecule has 1 aliphatic rings. The minimum absolute atomic E-state index is 0.0544. The monoisotopic (exact) mass is 576 g/mol. The molecule has 206 valence electrons. The third-order valence-electron chi connectivity index (χ3n) is 6.70. The van der Waals surface area contributed by atoms with Crippen LogP contribution < -0.4 is 0 Å². The molecular formula is C28H28N6O4S2. The van der Waals surface area contributed by atoms with Crippen LogP contribution in [-0.2, 0) is 4.79 Å². The van der Waals surface area contributed by atoms with Gasteiger partial charge in [0, 0.05) is 61.2 Å². The van der Waals surface area contributed by atoms with Crippen molar-refractivity contribution in [2.75, 3.05) is 25.4 Å². The highest BCUT2D eigenvalue weighted by molar-refractivity contribution is 7.99. The van der Waals surface area contributed by atoms with E-state index in [9.17, 15) is 19.7 Å². The second kappa shape index (κ2) is 12.4. The van der Waals surface area contributed by atoms with Crippen molar-refractivity contribution in [2.24, 2.45) is 0 Å². The molecule has 2 amide bonds. The summed E-state index contributed by atoms with van der Waals surface area (Å²) in [4.78, 5) is 41.1. The number of amides is 2. The zero-order valence-electron chi connectivity index (χ0n) is 21.9. The van der Waals surface area contributed by atoms with Gasteiger partial charge in [0.15, 0.2) is 11.0 Å². The summed E-state index contributed by atoms with van der Waals surface area (Å²) >= 11 is 3.19. The van der Waals surface area contributed by atoms with Gasteiger partial charge >= 0.3 is 0 Å². The van der Waals surface area contributed by atoms with Gasteiger partial charge in [0.05, 0.1) is 9.80 Å². The number of hydrogen-bond acceptors (Lipinski definition) is 8. The highest BCUT2D eigenvalue weighted by Crippen LogP contribution is 2.30. The Bertz CT molecular complexity index is 1490. The van der Waals surface area contributed by atoms with E-state index in [1.54, 1.807) is 39.0 Å². The minimum Gasteiger partial charge on any atom is -0.339 e. The topological polar surface area (TPSA) is 114 Å². The molecular weight excluding hydrogens is 548 g/mol. The van der Waals surface area contributed by atoms with Gasteiger partial charge in [-0.25, -0.2) is 0 Å². The summed E-state index contributed by atoms with van der Waals surface area (Å²) in [5.41, 5.74) is 1.15. The third kappa shape index (κ3) is 6.07. The summed E-state index contributed by atoms with van der Waals surface area (Å²) in [7, 11) is 0. The highest BCUT2D eigenvalue weighted by Gasteiger charge is 2.30. The summed E-state index contributed by atoms with van der Waals surface area (Å²) in [6.07, 6.45) is 1.08. The number of para-hydroxylation sites is 1. The number of thiophene rings is 1. The summed E-state index contributed by atoms with van der Waals surface area (Å²) in [6.45, 7) is 3.14. The Morgan fingerprint density at radius 1 is 1.07 bits per heavy atom. The zero-order chi connectivity index (χ0) is 28.1. The van der Waals surface area contributed by atoms with Gasteiger partial charge in [-0.2, -0.15) is 0 Å². The van der Waals surface area contributed by atoms with Crippen molar-refractivity contribution in [2.45, 2.75) is 31.0 Å². The number of carbonyl (C=O) groups is 2. The van der Waals surface area contributed by atoms with Crippen LogP contribution in [0.2, 0.25) is 0 Å². The largest absolute Gasteiger partial charge is 0.339 e. The van der Waals surface area contributed by atoms with E-state index in [0.29, 0.717) is 38.2 Å². The molecule has 2 aromatic carbocycles. The van der Waals surface area contributed by atoms with Crippen LogP contribution in [0.1, 0.15) is 30.1 Å². The average molecular weight is 577 g/mol. The van der Waals surface area contributed by atoms with Gasteiger partial charge in [0.2, 0.25) is 5.91 Å². The lowest BCUT2D eigenvalue weighted by Crippen LogP contribution is -2.55. The van der Waals surface area contributed by atoms with Crippen molar-refractivity contribution in [1.82, 2.24) is 24.6 Å². The maximum Gasteiger partial charge on any atom is 0.270 e. The molecule has 0 bridgehead atoms. The Morgan fingerprint density at radius 2 is 1.90 bits per heavy atom. The molecule has 1 aliphatic heterocycles. The fourth-order valence-corrected chi connectivity index (χ4v) is 6.28. The van der Waals surface area contributed by atoms with Crippen molar-refractivity contribution >= 4 is 40.6 Å². The number of non-ortho nitro benzene ring substituents is 1. The molecule has 5 rings (SSSR count). The first kappa shape index (κ1) is 27.5. The molecule has 0 radical (unpaired) electrons. The average Bonchev–Trinajstić information content (AvgIpc) is 3.65. The van der Waals surface area contributed by atoms with E-state index in [1.807, 2.05) is 54.8 Å². The van der Waals surface area contributed by atoms with Crippen molar-refractivity contribution in [3.05, 3.63) is 87.8 Å². The van der Waals surface area contributed by atoms with Crippen molar-refractivity contribution in [3.63, 3.8) is 0 Å². The van der Waals surface area contributed by atoms with Gasteiger partial charge in [0.25, 0.3) is 11.6 Å². The van der Waals surface area contributed by atoms with Gasteiger partial charge in [0.1, 0.15) is 0 Å². The number of nitro benzene ring substituents is 1. The first-order valence-corrected chi connectivity index (χ1v) is 14.8. The summed E-state index contributed by atoms with van der Waals surface area (Å²) in [5.74, 6) is 1.30. The molecule has 1 fully saturated rings. The lowest BCUT2D eigenvalue weighted by molar-refractivity contribution is -0.384. The first-order valence-electron chi connectivity index (χ1n) is 12.9. The number of benzene rings is 2. The number of nitro groups is 1. The quantitative estimate of drug-likeness (QED) is 0.117. The minimum atomic E-state index is -0.511. The number of thioether (sulfide) groups is 1. The molecule has 1 atom stereocenters. The van der Waals surface area contributed by atoms with E-state index in [1.165, 1.54) is 18.2 Å². The standard InChI is InChI=1S/C28H28N6O4S2/c1-20-19-31(14-15-32(20)27(36)21-8-5-11-23(18-21)34(37)38)25(35)13-7-17-40-28-30-29-26(24-12-6-16-39-24)33(28)22-9-3-2-4-10-22/h2-6,8-12,16,18,20H,7,13-15,17,19H2,1H3. The maximum absolute atomic E-state index is 13.0. The van der Waals surface area contributed by atoms with Crippen molar-refractivity contribution in [3.8, 4) is 16.4 Å². The van der Waals surface area contributed by atoms with Gasteiger partial charge in [-0.05, 0) is 43.0 Å². The Morgan fingerprint density at radius 3 is 2.62 bits per heavy atom. The summed E-state index contributed by atoms with van der Waals surface area (Å²) < 4.78 is 2.05. The second-order valence-electron chi connectivity index (χ2n) is 9.40. The maximum atomic E-state index is 13.0. The van der Waals surface area contributed by atoms with Crippen LogP contribution >= 0.6 is 23.1 Å². The predicted octanol–water partition coefficient (Wildman–Crippen LogP) is 5.15. The van der Waals surface area contributed by atoms with Crippen molar-refractivity contribution in [1.29, 1.82) is 0 Å². The Labute approximate surface area is 239 Å². The fraction of sp³-hybridized carbons (Fsp3) is 0.286. The van der Waals surface area contributed by atoms with E-state index >= 15 is 0 Å². The normalized spacial score (nSPS) is 15.3. The smallest absolute Gasteiger partial charge is 0.270 e. The van der Waals surface area contributed by atoms with Crippen molar-refractivity contribution < 1.29 is 14.5 Å². The third-order valence-corrected chi connectivity index (χ3v) is 8.58. The molecule has 0 N–H and O–H groups in total. The Balaban J connectivity index is 1.15. The molecule has 40 heavy (non-hydrogen) atoms. The van der Waals surface area contributed by atoms with Gasteiger partial charge < -0.3 is 9.80 Å². The van der Waals surface area contributed by atoms with Crippen LogP contribution in [0.25, 0.3) is 16.4 Å². The van der Waals surface area contributed by atoms with E-state index in [2.05, 4.69) is 14.8 Å². The number of hydrogen-bond donors (Lipinski definition) is 0. The van der Waals surface area contributed by atoms with Crippen LogP contribution in [0.4, 0.5) is 5.69 Å². The lowest BCUT2D eigenvalue weighted by Gasteiger charge is -2.40. The van der Waals surface area contributed by atoms with Crippen LogP contribution in [0.5, 0.6) is 0 Å². The molecule has 12 heteroatoms. The number of carbonyl (C=O) groups excluding carboxylic acids is 2. The summed E-state index contributed by atoms with van der Waals surface area (Å²) in [6, 6.07) is 19.6. The number of piperazine rings is 1. The zero-order valence-corrected chi connectivity index (χ0v) is 23.5. The van der Waals surface area contributed by atoms with Gasteiger partial charge in [-0.1, -0.05) is 42.1 Å². The summed E-state index contributed by atoms with van der Waals surface area (Å²) in [5, 5.41) is 22.8. The van der Waals surface area contributed by atoms with Crippen LogP contribution in [0.3, 0.4) is 0 Å². The number of rotatable bonds is 9. The molecule has 0 aliphatic carbocycles. The molecule has 4 aromatic rings. The SMILES string of the molecule is CC1CN(C(=O)CCCSc2nnc(-c3cccs3)n2-c2ccccc2)CCN1C(=O)c1cccc([N+](=O)[O-])c1. The molecule has 10 nitrogen and oxygen atoms in total. The second-order valence-corrected chi connectivity index (χ2v) is 11.4. The van der Waals surface area contributed by atoms with E-state index < -0.39 is 4.92 Å². The van der Waals surface area contributed by atoms with E-state index in [0.717, 1.165) is 21.5 Å². The highest BCUT2D eigenvalue weighted by atomic mass is 32.2. The molecule has 0 saturated carbocycles. The van der Waals surface area contributed by atoms with Gasteiger partial charge in [-0.3, -0.25) is 24.3 Å².